The van der Waals surface area contributed by atoms with E-state index in [2.05, 4.69) is 22.0 Å². The summed E-state index contributed by atoms with van der Waals surface area (Å²) >= 11 is 0. The molecule has 0 saturated carbocycles. The molecule has 5 nitrogen and oxygen atoms in total. The van der Waals surface area contributed by atoms with Crippen molar-refractivity contribution < 1.29 is 5.21 Å². The van der Waals surface area contributed by atoms with Crippen molar-refractivity contribution in [2.45, 2.75) is 46.0 Å². The van der Waals surface area contributed by atoms with Gasteiger partial charge in [-0.05, 0) is 52.4 Å². The normalized spacial score (nSPS) is 18.1. The van der Waals surface area contributed by atoms with Crippen molar-refractivity contribution in [3.05, 3.63) is 0 Å². The van der Waals surface area contributed by atoms with E-state index in [9.17, 15) is 0 Å². The predicted octanol–water partition coefficient (Wildman–Crippen LogP) is 1.96. The summed E-state index contributed by atoms with van der Waals surface area (Å²) in [6.07, 6.45) is 5.97. The smallest absolute Gasteiger partial charge is 0.144 e. The first-order valence-electron chi connectivity index (χ1n) is 7.84. The Balaban J connectivity index is 2.08. The summed E-state index contributed by atoms with van der Waals surface area (Å²) in [6, 6.07) is 0. The zero-order valence-corrected chi connectivity index (χ0v) is 13.4. The average molecular weight is 284 g/mol. The standard InChI is InChI=1S/C15H32N4O/c1-15(2,14(16)17-20)8-4-5-9-18(3)12-13-19-10-6-7-11-19/h20H,4-13H2,1-3H3,(H2,16,17). The SMILES string of the molecule is CN(CCCCC(C)(C)C(N)=NO)CCN1CCCC1. The number of rotatable bonds is 9. The van der Waals surface area contributed by atoms with Crippen molar-refractivity contribution in [1.82, 2.24) is 9.80 Å². The first kappa shape index (κ1) is 17.2. The molecule has 0 atom stereocenters. The molecule has 1 aliphatic heterocycles. The molecule has 1 heterocycles. The summed E-state index contributed by atoms with van der Waals surface area (Å²) in [7, 11) is 2.20. The van der Waals surface area contributed by atoms with Crippen molar-refractivity contribution in [1.29, 1.82) is 0 Å². The van der Waals surface area contributed by atoms with Gasteiger partial charge in [-0.15, -0.1) is 0 Å². The lowest BCUT2D eigenvalue weighted by molar-refractivity contribution is 0.251. The third-order valence-corrected chi connectivity index (χ3v) is 4.39. The van der Waals surface area contributed by atoms with Crippen LogP contribution >= 0.6 is 0 Å². The lowest BCUT2D eigenvalue weighted by Gasteiger charge is -2.24. The maximum Gasteiger partial charge on any atom is 0.144 e. The van der Waals surface area contributed by atoms with Gasteiger partial charge in [0.1, 0.15) is 5.84 Å². The molecule has 118 valence electrons. The van der Waals surface area contributed by atoms with Crippen LogP contribution in [0.4, 0.5) is 0 Å². The Kier molecular flexibility index (Phi) is 7.30. The predicted molar refractivity (Wildman–Crippen MR) is 84.2 cm³/mol. The first-order valence-corrected chi connectivity index (χ1v) is 7.84. The van der Waals surface area contributed by atoms with Crippen molar-refractivity contribution in [2.24, 2.45) is 16.3 Å². The third kappa shape index (κ3) is 6.09. The number of likely N-dealkylation sites (tertiary alicyclic amines) is 1. The number of amidine groups is 1. The Labute approximate surface area is 123 Å². The van der Waals surface area contributed by atoms with E-state index in [0.717, 1.165) is 25.9 Å². The van der Waals surface area contributed by atoms with Crippen molar-refractivity contribution in [2.75, 3.05) is 39.8 Å². The van der Waals surface area contributed by atoms with Gasteiger partial charge in [-0.1, -0.05) is 25.4 Å². The molecular formula is C15H32N4O. The highest BCUT2D eigenvalue weighted by Gasteiger charge is 2.22. The van der Waals surface area contributed by atoms with Crippen LogP contribution in [0.2, 0.25) is 0 Å². The minimum absolute atomic E-state index is 0.205. The van der Waals surface area contributed by atoms with Crippen LogP contribution in [-0.2, 0) is 0 Å². The zero-order chi connectivity index (χ0) is 15.0. The second-order valence-electron chi connectivity index (χ2n) is 6.68. The minimum Gasteiger partial charge on any atom is -0.409 e. The van der Waals surface area contributed by atoms with Crippen LogP contribution in [0.15, 0.2) is 5.16 Å². The van der Waals surface area contributed by atoms with E-state index >= 15 is 0 Å². The molecule has 1 saturated heterocycles. The maximum absolute atomic E-state index is 8.74. The Bertz CT molecular complexity index is 298. The molecule has 0 aliphatic carbocycles. The molecule has 1 aliphatic rings. The number of oxime groups is 1. The van der Waals surface area contributed by atoms with E-state index in [1.165, 1.54) is 38.9 Å². The molecule has 0 spiro atoms. The highest BCUT2D eigenvalue weighted by Crippen LogP contribution is 2.23. The second kappa shape index (κ2) is 8.47. The fourth-order valence-corrected chi connectivity index (χ4v) is 2.64. The number of nitrogens with two attached hydrogens (primary N) is 1. The summed E-state index contributed by atoms with van der Waals surface area (Å²) in [4.78, 5) is 4.97. The molecule has 5 heteroatoms. The maximum atomic E-state index is 8.74. The Morgan fingerprint density at radius 2 is 1.90 bits per heavy atom. The lowest BCUT2D eigenvalue weighted by Crippen LogP contribution is -2.33. The van der Waals surface area contributed by atoms with Crippen molar-refractivity contribution in [3.8, 4) is 0 Å². The van der Waals surface area contributed by atoms with Gasteiger partial charge >= 0.3 is 0 Å². The average Bonchev–Trinajstić information content (AvgIpc) is 2.93. The van der Waals surface area contributed by atoms with E-state index in [1.807, 2.05) is 13.8 Å². The summed E-state index contributed by atoms with van der Waals surface area (Å²) in [5.41, 5.74) is 5.49. The van der Waals surface area contributed by atoms with Crippen LogP contribution in [0, 0.1) is 5.41 Å². The van der Waals surface area contributed by atoms with Gasteiger partial charge < -0.3 is 20.7 Å². The molecule has 0 bridgehead atoms. The monoisotopic (exact) mass is 284 g/mol. The fourth-order valence-electron chi connectivity index (χ4n) is 2.64. The van der Waals surface area contributed by atoms with E-state index in [-0.39, 0.29) is 5.41 Å². The summed E-state index contributed by atoms with van der Waals surface area (Å²) in [6.45, 7) is 10.1. The van der Waals surface area contributed by atoms with Gasteiger partial charge in [0.15, 0.2) is 0 Å². The largest absolute Gasteiger partial charge is 0.409 e. The molecule has 3 N–H and O–H groups in total. The van der Waals surface area contributed by atoms with Gasteiger partial charge in [0.2, 0.25) is 0 Å². The van der Waals surface area contributed by atoms with Gasteiger partial charge in [0.25, 0.3) is 0 Å². The minimum atomic E-state index is -0.205. The van der Waals surface area contributed by atoms with Gasteiger partial charge in [-0.25, -0.2) is 0 Å². The van der Waals surface area contributed by atoms with Crippen molar-refractivity contribution in [3.63, 3.8) is 0 Å². The quantitative estimate of drug-likeness (QED) is 0.223. The van der Waals surface area contributed by atoms with E-state index < -0.39 is 0 Å². The highest BCUT2D eigenvalue weighted by atomic mass is 16.4. The van der Waals surface area contributed by atoms with Crippen LogP contribution in [0.5, 0.6) is 0 Å². The summed E-state index contributed by atoms with van der Waals surface area (Å²) < 4.78 is 0. The van der Waals surface area contributed by atoms with Gasteiger partial charge in [0.05, 0.1) is 0 Å². The number of unbranched alkanes of at least 4 members (excludes halogenated alkanes) is 1. The Morgan fingerprint density at radius 1 is 1.25 bits per heavy atom. The molecule has 0 aromatic rings. The third-order valence-electron chi connectivity index (χ3n) is 4.39. The van der Waals surface area contributed by atoms with Crippen molar-refractivity contribution >= 4 is 5.84 Å². The van der Waals surface area contributed by atoms with Crippen LogP contribution < -0.4 is 5.73 Å². The van der Waals surface area contributed by atoms with E-state index in [1.54, 1.807) is 0 Å². The molecule has 1 rings (SSSR count). The molecule has 0 amide bonds. The van der Waals surface area contributed by atoms with Gasteiger partial charge in [-0.2, -0.15) is 0 Å². The Morgan fingerprint density at radius 3 is 2.50 bits per heavy atom. The van der Waals surface area contributed by atoms with E-state index in [4.69, 9.17) is 10.9 Å². The molecular weight excluding hydrogens is 252 g/mol. The lowest BCUT2D eigenvalue weighted by atomic mass is 9.86. The van der Waals surface area contributed by atoms with Crippen LogP contribution in [0.1, 0.15) is 46.0 Å². The molecule has 20 heavy (non-hydrogen) atoms. The number of nitrogens with zero attached hydrogens (tertiary/aromatic N) is 3. The number of hydrogen-bond acceptors (Lipinski definition) is 4. The Hall–Kier alpha value is -0.810. The highest BCUT2D eigenvalue weighted by molar-refractivity contribution is 5.85. The van der Waals surface area contributed by atoms with Crippen LogP contribution in [0.3, 0.4) is 0 Å². The second-order valence-corrected chi connectivity index (χ2v) is 6.68. The topological polar surface area (TPSA) is 65.1 Å². The molecule has 0 radical (unpaired) electrons. The first-order chi connectivity index (χ1) is 9.45. The fraction of sp³-hybridized carbons (Fsp3) is 0.933. The number of hydrogen-bond donors (Lipinski definition) is 2. The van der Waals surface area contributed by atoms with Crippen LogP contribution in [-0.4, -0.2) is 60.6 Å². The summed E-state index contributed by atoms with van der Waals surface area (Å²) in [5, 5.41) is 11.9. The zero-order valence-electron chi connectivity index (χ0n) is 13.4. The number of likely N-dealkylation sites (N-methyl/N-ethyl adjacent to an activating group) is 1. The van der Waals surface area contributed by atoms with Gasteiger partial charge in [-0.3, -0.25) is 0 Å². The van der Waals surface area contributed by atoms with Gasteiger partial charge in [0, 0.05) is 18.5 Å². The molecule has 1 fully saturated rings. The van der Waals surface area contributed by atoms with E-state index in [0.29, 0.717) is 5.84 Å². The van der Waals surface area contributed by atoms with Crippen LogP contribution in [0.25, 0.3) is 0 Å². The molecule has 0 unspecified atom stereocenters. The summed E-state index contributed by atoms with van der Waals surface area (Å²) in [5.74, 6) is 0.333. The molecule has 0 aromatic carbocycles. The molecule has 0 aromatic heterocycles.